The van der Waals surface area contributed by atoms with Crippen LogP contribution >= 0.6 is 0 Å². The molecule has 1 aromatic rings. The molecule has 0 saturated carbocycles. The Bertz CT molecular complexity index is 704. The standard InChI is InChI=1S/C24H41NO5Si/c1-23(2,3)31(8,9)30-19(16-26)22(27-7)21(20-17-28-24(4,5)29-20)25(6)15-18-13-11-10-12-14-18/h10-14,16,19-22H,15,17H2,1-9H3/t19-,20-,21+,22+/m1/s1. The summed E-state index contributed by atoms with van der Waals surface area (Å²) in [6.45, 7) is 15.7. The minimum absolute atomic E-state index is 0.0209. The second kappa shape index (κ2) is 10.2. The number of carbonyl (C=O) groups is 1. The van der Waals surface area contributed by atoms with Gasteiger partial charge >= 0.3 is 0 Å². The molecular formula is C24H41NO5Si. The molecule has 0 N–H and O–H groups in total. The molecular weight excluding hydrogens is 410 g/mol. The average Bonchev–Trinajstić information content (AvgIpc) is 3.03. The van der Waals surface area contributed by atoms with Crippen molar-refractivity contribution in [2.24, 2.45) is 0 Å². The Morgan fingerprint density at radius 1 is 1.26 bits per heavy atom. The lowest BCUT2D eigenvalue weighted by Crippen LogP contribution is -2.58. The molecule has 0 unspecified atom stereocenters. The molecule has 0 spiro atoms. The normalized spacial score (nSPS) is 22.3. The molecule has 0 amide bonds. The van der Waals surface area contributed by atoms with Crippen molar-refractivity contribution in [2.45, 2.75) is 89.4 Å². The SMILES string of the molecule is CO[C@H]([C@H]([C@H]1COC(C)(C)O1)N(C)Cc1ccccc1)[C@@H](C=O)O[Si](C)(C)C(C)(C)C. The Morgan fingerprint density at radius 3 is 2.32 bits per heavy atom. The molecule has 2 rings (SSSR count). The molecule has 6 nitrogen and oxygen atoms in total. The highest BCUT2D eigenvalue weighted by Crippen LogP contribution is 2.38. The summed E-state index contributed by atoms with van der Waals surface area (Å²) in [5, 5.41) is -0.0209. The number of rotatable bonds is 10. The van der Waals surface area contributed by atoms with E-state index in [1.165, 1.54) is 5.56 Å². The summed E-state index contributed by atoms with van der Waals surface area (Å²) in [6, 6.07) is 10.0. The van der Waals surface area contributed by atoms with Gasteiger partial charge in [-0.15, -0.1) is 0 Å². The van der Waals surface area contributed by atoms with Crippen LogP contribution in [0.5, 0.6) is 0 Å². The second-order valence-corrected chi connectivity index (χ2v) is 15.2. The molecule has 1 saturated heterocycles. The largest absolute Gasteiger partial charge is 0.404 e. The van der Waals surface area contributed by atoms with Gasteiger partial charge in [0.2, 0.25) is 0 Å². The first-order valence-corrected chi connectivity index (χ1v) is 13.9. The molecule has 176 valence electrons. The summed E-state index contributed by atoms with van der Waals surface area (Å²) >= 11 is 0. The van der Waals surface area contributed by atoms with E-state index in [1.807, 2.05) is 39.1 Å². The first-order chi connectivity index (χ1) is 14.3. The fourth-order valence-electron chi connectivity index (χ4n) is 3.76. The van der Waals surface area contributed by atoms with Gasteiger partial charge in [0.25, 0.3) is 0 Å². The maximum atomic E-state index is 12.3. The van der Waals surface area contributed by atoms with E-state index in [4.69, 9.17) is 18.6 Å². The summed E-state index contributed by atoms with van der Waals surface area (Å²) in [5.41, 5.74) is 1.18. The summed E-state index contributed by atoms with van der Waals surface area (Å²) < 4.78 is 24.6. The smallest absolute Gasteiger partial charge is 0.193 e. The zero-order chi connectivity index (χ0) is 23.4. The molecule has 0 radical (unpaired) electrons. The van der Waals surface area contributed by atoms with Gasteiger partial charge in [-0.3, -0.25) is 4.90 Å². The molecule has 31 heavy (non-hydrogen) atoms. The number of benzene rings is 1. The Labute approximate surface area is 189 Å². The molecule has 7 heteroatoms. The van der Waals surface area contributed by atoms with Crippen LogP contribution in [0.2, 0.25) is 18.1 Å². The molecule has 0 aromatic heterocycles. The van der Waals surface area contributed by atoms with Crippen LogP contribution in [-0.2, 0) is 30.0 Å². The van der Waals surface area contributed by atoms with E-state index < -0.39 is 26.3 Å². The fraction of sp³-hybridized carbons (Fsp3) is 0.708. The maximum Gasteiger partial charge on any atom is 0.193 e. The van der Waals surface area contributed by atoms with Crippen LogP contribution in [0.4, 0.5) is 0 Å². The van der Waals surface area contributed by atoms with Gasteiger partial charge in [-0.2, -0.15) is 0 Å². The minimum atomic E-state index is -2.19. The van der Waals surface area contributed by atoms with Gasteiger partial charge in [-0.25, -0.2) is 0 Å². The lowest BCUT2D eigenvalue weighted by Gasteiger charge is -2.43. The highest BCUT2D eigenvalue weighted by atomic mass is 28.4. The number of hydrogen-bond acceptors (Lipinski definition) is 6. The van der Waals surface area contributed by atoms with Crippen LogP contribution in [-0.4, -0.2) is 70.4 Å². The molecule has 1 aliphatic heterocycles. The van der Waals surface area contributed by atoms with E-state index in [0.717, 1.165) is 6.29 Å². The van der Waals surface area contributed by atoms with Crippen molar-refractivity contribution in [3.05, 3.63) is 35.9 Å². The number of ether oxygens (including phenoxy) is 3. The maximum absolute atomic E-state index is 12.3. The quantitative estimate of drug-likeness (QED) is 0.392. The number of carbonyl (C=O) groups excluding carboxylic acids is 1. The van der Waals surface area contributed by atoms with E-state index in [-0.39, 0.29) is 17.2 Å². The van der Waals surface area contributed by atoms with E-state index >= 15 is 0 Å². The molecule has 1 aliphatic rings. The van der Waals surface area contributed by atoms with E-state index in [0.29, 0.717) is 13.2 Å². The molecule has 1 fully saturated rings. The van der Waals surface area contributed by atoms with Crippen LogP contribution in [0.3, 0.4) is 0 Å². The number of hydrogen-bond donors (Lipinski definition) is 0. The van der Waals surface area contributed by atoms with E-state index in [2.05, 4.69) is 50.9 Å². The predicted molar refractivity (Wildman–Crippen MR) is 126 cm³/mol. The van der Waals surface area contributed by atoms with Gasteiger partial charge in [0.1, 0.15) is 24.6 Å². The second-order valence-electron chi connectivity index (χ2n) is 10.4. The first kappa shape index (κ1) is 26.2. The lowest BCUT2D eigenvalue weighted by molar-refractivity contribution is -0.160. The van der Waals surface area contributed by atoms with Crippen LogP contribution in [0.15, 0.2) is 30.3 Å². The molecule has 0 aliphatic carbocycles. The van der Waals surface area contributed by atoms with Crippen molar-refractivity contribution in [3.8, 4) is 0 Å². The topological polar surface area (TPSA) is 57.2 Å². The summed E-state index contributed by atoms with van der Waals surface area (Å²) in [4.78, 5) is 14.4. The molecule has 4 atom stereocenters. The number of nitrogens with zero attached hydrogens (tertiary/aromatic N) is 1. The zero-order valence-electron chi connectivity index (χ0n) is 20.7. The average molecular weight is 452 g/mol. The third-order valence-corrected chi connectivity index (χ3v) is 11.0. The number of aldehydes is 1. The highest BCUT2D eigenvalue weighted by Gasteiger charge is 2.48. The fourth-order valence-corrected chi connectivity index (χ4v) is 4.99. The first-order valence-electron chi connectivity index (χ1n) is 11.0. The predicted octanol–water partition coefficient (Wildman–Crippen LogP) is 4.24. The van der Waals surface area contributed by atoms with Crippen LogP contribution in [0.1, 0.15) is 40.2 Å². The molecule has 0 bridgehead atoms. The lowest BCUT2D eigenvalue weighted by atomic mass is 9.98. The van der Waals surface area contributed by atoms with E-state index in [1.54, 1.807) is 7.11 Å². The third-order valence-electron chi connectivity index (χ3n) is 6.50. The summed E-state index contributed by atoms with van der Waals surface area (Å²) in [6.07, 6.45) is -0.553. The Balaban J connectivity index is 2.35. The molecule has 1 aromatic carbocycles. The Kier molecular flexibility index (Phi) is 8.63. The van der Waals surface area contributed by atoms with Crippen molar-refractivity contribution in [3.63, 3.8) is 0 Å². The monoisotopic (exact) mass is 451 g/mol. The van der Waals surface area contributed by atoms with E-state index in [9.17, 15) is 4.79 Å². The van der Waals surface area contributed by atoms with Gasteiger partial charge in [0.15, 0.2) is 14.1 Å². The van der Waals surface area contributed by atoms with Gasteiger partial charge < -0.3 is 23.4 Å². The van der Waals surface area contributed by atoms with Crippen molar-refractivity contribution in [1.82, 2.24) is 4.90 Å². The van der Waals surface area contributed by atoms with Gasteiger partial charge in [-0.1, -0.05) is 51.1 Å². The third kappa shape index (κ3) is 6.70. The number of methoxy groups -OCH3 is 1. The summed E-state index contributed by atoms with van der Waals surface area (Å²) in [7, 11) is 1.48. The van der Waals surface area contributed by atoms with Crippen molar-refractivity contribution >= 4 is 14.6 Å². The van der Waals surface area contributed by atoms with Gasteiger partial charge in [-0.05, 0) is 44.6 Å². The van der Waals surface area contributed by atoms with Gasteiger partial charge in [0.05, 0.1) is 12.6 Å². The zero-order valence-corrected chi connectivity index (χ0v) is 21.7. The Morgan fingerprint density at radius 2 is 1.87 bits per heavy atom. The number of likely N-dealkylation sites (N-methyl/N-ethyl adjacent to an activating group) is 1. The minimum Gasteiger partial charge on any atom is -0.404 e. The van der Waals surface area contributed by atoms with Gasteiger partial charge in [0, 0.05) is 13.7 Å². The Hall–Kier alpha value is -1.09. The van der Waals surface area contributed by atoms with Crippen LogP contribution in [0.25, 0.3) is 0 Å². The van der Waals surface area contributed by atoms with Crippen molar-refractivity contribution < 1.29 is 23.4 Å². The van der Waals surface area contributed by atoms with Crippen LogP contribution < -0.4 is 0 Å². The summed E-state index contributed by atoms with van der Waals surface area (Å²) in [5.74, 6) is -0.675. The van der Waals surface area contributed by atoms with Crippen molar-refractivity contribution in [1.29, 1.82) is 0 Å². The van der Waals surface area contributed by atoms with Crippen LogP contribution in [0, 0.1) is 0 Å². The molecule has 1 heterocycles. The highest BCUT2D eigenvalue weighted by molar-refractivity contribution is 6.74. The van der Waals surface area contributed by atoms with Crippen molar-refractivity contribution in [2.75, 3.05) is 20.8 Å².